The van der Waals surface area contributed by atoms with Gasteiger partial charge in [0.05, 0.1) is 0 Å². The van der Waals surface area contributed by atoms with Crippen molar-refractivity contribution in [1.82, 2.24) is 9.88 Å². The highest BCUT2D eigenvalue weighted by Crippen LogP contribution is 2.32. The van der Waals surface area contributed by atoms with Crippen molar-refractivity contribution < 1.29 is 0 Å². The lowest BCUT2D eigenvalue weighted by Crippen LogP contribution is -2.40. The predicted molar refractivity (Wildman–Crippen MR) is 63.3 cm³/mol. The van der Waals surface area contributed by atoms with E-state index in [9.17, 15) is 0 Å². The van der Waals surface area contributed by atoms with Gasteiger partial charge in [-0.15, -0.1) is 0 Å². The van der Waals surface area contributed by atoms with Crippen LogP contribution in [0.4, 0.5) is 0 Å². The van der Waals surface area contributed by atoms with E-state index in [4.69, 9.17) is 0 Å². The molecule has 3 rings (SSSR count). The zero-order chi connectivity index (χ0) is 10.4. The fraction of sp³-hybridized carbons (Fsp3) is 0.385. The molecule has 0 spiro atoms. The molecule has 2 heteroatoms. The van der Waals surface area contributed by atoms with E-state index in [0.717, 1.165) is 19.0 Å². The number of hydrogen-bond donors (Lipinski definition) is 1. The minimum absolute atomic E-state index is 0.719. The van der Waals surface area contributed by atoms with E-state index in [1.165, 1.54) is 16.6 Å². The van der Waals surface area contributed by atoms with Crippen LogP contribution in [-0.2, 0) is 7.05 Å². The number of benzene rings is 1. The molecule has 2 nitrogen and oxygen atoms in total. The van der Waals surface area contributed by atoms with Gasteiger partial charge in [0.1, 0.15) is 0 Å². The van der Waals surface area contributed by atoms with Gasteiger partial charge >= 0.3 is 0 Å². The van der Waals surface area contributed by atoms with Gasteiger partial charge in [0.25, 0.3) is 0 Å². The second-order valence-electron chi connectivity index (χ2n) is 4.43. The summed E-state index contributed by atoms with van der Waals surface area (Å²) in [4.78, 5) is 0. The molecule has 1 aromatic heterocycles. The Morgan fingerprint density at radius 1 is 1.27 bits per heavy atom. The third-order valence-electron chi connectivity index (χ3n) is 3.64. The van der Waals surface area contributed by atoms with Crippen LogP contribution in [0.2, 0.25) is 0 Å². The van der Waals surface area contributed by atoms with E-state index in [1.54, 1.807) is 5.56 Å². The first-order valence-electron chi connectivity index (χ1n) is 5.53. The number of nitrogens with zero attached hydrogens (tertiary/aromatic N) is 1. The summed E-state index contributed by atoms with van der Waals surface area (Å²) in [5, 5.41) is 4.79. The molecular weight excluding hydrogens is 184 g/mol. The molecule has 0 aliphatic carbocycles. The van der Waals surface area contributed by atoms with Gasteiger partial charge in [-0.2, -0.15) is 0 Å². The van der Waals surface area contributed by atoms with Gasteiger partial charge in [0.15, 0.2) is 0 Å². The first-order valence-corrected chi connectivity index (χ1v) is 5.53. The van der Waals surface area contributed by atoms with Crippen LogP contribution in [-0.4, -0.2) is 17.7 Å². The van der Waals surface area contributed by atoms with Crippen LogP contribution in [0.3, 0.4) is 0 Å². The van der Waals surface area contributed by atoms with E-state index in [0.29, 0.717) is 0 Å². The zero-order valence-electron chi connectivity index (χ0n) is 9.25. The highest BCUT2D eigenvalue weighted by molar-refractivity contribution is 5.86. The summed E-state index contributed by atoms with van der Waals surface area (Å²) in [6.07, 6.45) is 0. The van der Waals surface area contributed by atoms with E-state index < -0.39 is 0 Å². The Kier molecular flexibility index (Phi) is 1.86. The standard InChI is InChI=1S/C13H16N2/c1-9-13(10-7-14-8-10)11-5-3-4-6-12(11)15(9)2/h3-6,10,14H,7-8H2,1-2H3. The zero-order valence-corrected chi connectivity index (χ0v) is 9.25. The molecule has 0 saturated carbocycles. The van der Waals surface area contributed by atoms with Crippen molar-refractivity contribution in [2.75, 3.05) is 13.1 Å². The molecule has 2 heterocycles. The smallest absolute Gasteiger partial charge is 0.0482 e. The van der Waals surface area contributed by atoms with Crippen LogP contribution >= 0.6 is 0 Å². The lowest BCUT2D eigenvalue weighted by Gasteiger charge is -2.27. The molecule has 2 aromatic rings. The van der Waals surface area contributed by atoms with Gasteiger partial charge in [0, 0.05) is 42.7 Å². The van der Waals surface area contributed by atoms with Crippen molar-refractivity contribution in [2.24, 2.45) is 7.05 Å². The topological polar surface area (TPSA) is 17.0 Å². The van der Waals surface area contributed by atoms with Gasteiger partial charge in [-0.1, -0.05) is 18.2 Å². The lowest BCUT2D eigenvalue weighted by molar-refractivity contribution is 0.448. The molecule has 0 atom stereocenters. The summed E-state index contributed by atoms with van der Waals surface area (Å²) in [6, 6.07) is 8.70. The number of fused-ring (bicyclic) bond motifs is 1. The van der Waals surface area contributed by atoms with Crippen LogP contribution in [0.25, 0.3) is 10.9 Å². The van der Waals surface area contributed by atoms with Crippen molar-refractivity contribution in [2.45, 2.75) is 12.8 Å². The monoisotopic (exact) mass is 200 g/mol. The molecule has 0 unspecified atom stereocenters. The summed E-state index contributed by atoms with van der Waals surface area (Å²) in [6.45, 7) is 4.50. The van der Waals surface area contributed by atoms with E-state index >= 15 is 0 Å². The maximum Gasteiger partial charge on any atom is 0.0482 e. The largest absolute Gasteiger partial charge is 0.348 e. The lowest BCUT2D eigenvalue weighted by atomic mass is 9.91. The predicted octanol–water partition coefficient (Wildman–Crippen LogP) is 2.17. The highest BCUT2D eigenvalue weighted by Gasteiger charge is 2.24. The average molecular weight is 200 g/mol. The molecule has 1 aromatic carbocycles. The van der Waals surface area contributed by atoms with Crippen molar-refractivity contribution in [3.63, 3.8) is 0 Å². The van der Waals surface area contributed by atoms with E-state index in [-0.39, 0.29) is 0 Å². The number of nitrogens with one attached hydrogen (secondary N) is 1. The Balaban J connectivity index is 2.30. The van der Waals surface area contributed by atoms with Gasteiger partial charge in [-0.25, -0.2) is 0 Å². The third kappa shape index (κ3) is 1.15. The molecule has 1 N–H and O–H groups in total. The number of para-hydroxylation sites is 1. The summed E-state index contributed by atoms with van der Waals surface area (Å²) >= 11 is 0. The van der Waals surface area contributed by atoms with E-state index in [1.807, 2.05) is 0 Å². The Labute approximate surface area is 89.9 Å². The first-order chi connectivity index (χ1) is 7.29. The maximum absolute atomic E-state index is 3.35. The molecule has 1 aliphatic rings. The maximum atomic E-state index is 3.35. The third-order valence-corrected chi connectivity index (χ3v) is 3.64. The SMILES string of the molecule is Cc1c(C2CNC2)c2ccccc2n1C. The van der Waals surface area contributed by atoms with Crippen molar-refractivity contribution in [1.29, 1.82) is 0 Å². The minimum atomic E-state index is 0.719. The summed E-state index contributed by atoms with van der Waals surface area (Å²) in [7, 11) is 2.16. The Morgan fingerprint density at radius 3 is 2.67 bits per heavy atom. The first kappa shape index (κ1) is 8.98. The summed E-state index contributed by atoms with van der Waals surface area (Å²) in [5.74, 6) is 0.719. The number of rotatable bonds is 1. The van der Waals surface area contributed by atoms with Gasteiger partial charge < -0.3 is 9.88 Å². The Hall–Kier alpha value is -1.28. The minimum Gasteiger partial charge on any atom is -0.348 e. The summed E-state index contributed by atoms with van der Waals surface area (Å²) in [5.41, 5.74) is 4.33. The molecule has 0 radical (unpaired) electrons. The van der Waals surface area contributed by atoms with Gasteiger partial charge in [-0.05, 0) is 18.6 Å². The van der Waals surface area contributed by atoms with Crippen LogP contribution in [0, 0.1) is 6.92 Å². The normalized spacial score (nSPS) is 16.9. The van der Waals surface area contributed by atoms with Crippen LogP contribution in [0.15, 0.2) is 24.3 Å². The molecule has 1 saturated heterocycles. The van der Waals surface area contributed by atoms with Crippen molar-refractivity contribution in [3.8, 4) is 0 Å². The molecule has 0 bridgehead atoms. The van der Waals surface area contributed by atoms with Crippen LogP contribution in [0.5, 0.6) is 0 Å². The number of aryl methyl sites for hydroxylation is 1. The van der Waals surface area contributed by atoms with E-state index in [2.05, 4.69) is 48.1 Å². The van der Waals surface area contributed by atoms with Gasteiger partial charge in [0.2, 0.25) is 0 Å². The molecule has 15 heavy (non-hydrogen) atoms. The number of hydrogen-bond acceptors (Lipinski definition) is 1. The number of aromatic nitrogens is 1. The summed E-state index contributed by atoms with van der Waals surface area (Å²) < 4.78 is 2.31. The Morgan fingerprint density at radius 2 is 2.00 bits per heavy atom. The van der Waals surface area contributed by atoms with Crippen LogP contribution in [0.1, 0.15) is 17.2 Å². The van der Waals surface area contributed by atoms with Crippen molar-refractivity contribution >= 4 is 10.9 Å². The van der Waals surface area contributed by atoms with Crippen LogP contribution < -0.4 is 5.32 Å². The highest BCUT2D eigenvalue weighted by atomic mass is 15.0. The molecule has 78 valence electrons. The molecule has 1 fully saturated rings. The quantitative estimate of drug-likeness (QED) is 0.746. The second kappa shape index (κ2) is 3.11. The molecule has 0 amide bonds. The van der Waals surface area contributed by atoms with Gasteiger partial charge in [-0.3, -0.25) is 0 Å². The average Bonchev–Trinajstić information content (AvgIpc) is 2.42. The molecular formula is C13H16N2. The molecule has 1 aliphatic heterocycles. The van der Waals surface area contributed by atoms with Crippen molar-refractivity contribution in [3.05, 3.63) is 35.5 Å². The fourth-order valence-electron chi connectivity index (χ4n) is 2.56. The fourth-order valence-corrected chi connectivity index (χ4v) is 2.56. The second-order valence-corrected chi connectivity index (χ2v) is 4.43. The Bertz CT molecular complexity index is 506.